The molecule has 0 aliphatic carbocycles. The fourth-order valence-electron chi connectivity index (χ4n) is 0.769. The number of carbonyl (C=O) groups excluding carboxylic acids is 1. The predicted molar refractivity (Wildman–Crippen MR) is 43.0 cm³/mol. The molecule has 0 unspecified atom stereocenters. The summed E-state index contributed by atoms with van der Waals surface area (Å²) in [6, 6.07) is 9.31. The fraction of sp³-hybridized carbons (Fsp3) is 0.111. The van der Waals surface area contributed by atoms with E-state index in [1.807, 2.05) is 0 Å². The number of carbonyl (C=O) groups is 1. The molecule has 0 aromatic heterocycles. The van der Waals surface area contributed by atoms with E-state index in [4.69, 9.17) is 5.26 Å². The number of hydrogen-bond donors (Lipinski definition) is 0. The lowest BCUT2D eigenvalue weighted by Crippen LogP contribution is -2.20. The van der Waals surface area contributed by atoms with E-state index in [0.717, 1.165) is 4.90 Å². The Labute approximate surface area is 70.8 Å². The Balaban J connectivity index is 2.88. The number of hydrogen-bond acceptors (Lipinski definition) is 2. The summed E-state index contributed by atoms with van der Waals surface area (Å²) < 4.78 is 0. The Bertz CT molecular complexity index is 313. The molecule has 0 saturated carbocycles. The van der Waals surface area contributed by atoms with Crippen LogP contribution in [0.2, 0.25) is 0 Å². The molecule has 3 heteroatoms. The molecule has 3 nitrogen and oxygen atoms in total. The molecule has 0 aliphatic rings. The van der Waals surface area contributed by atoms with Gasteiger partial charge in [-0.3, -0.25) is 4.79 Å². The number of benzene rings is 1. The van der Waals surface area contributed by atoms with Crippen molar-refractivity contribution >= 4 is 5.91 Å². The standard InChI is InChI=1S/C9H7N2O/c1-11(7-10)9(12)8-5-3-2-4-6-8/h3-6H,1H3. The maximum Gasteiger partial charge on any atom is 0.266 e. The highest BCUT2D eigenvalue weighted by atomic mass is 16.2. The number of amides is 1. The van der Waals surface area contributed by atoms with Gasteiger partial charge in [0, 0.05) is 12.6 Å². The van der Waals surface area contributed by atoms with Gasteiger partial charge in [-0.05, 0) is 18.2 Å². The summed E-state index contributed by atoms with van der Waals surface area (Å²) in [5, 5.41) is 8.41. The van der Waals surface area contributed by atoms with Crippen molar-refractivity contribution in [2.24, 2.45) is 0 Å². The molecular formula is C9H7N2O. The third-order valence-electron chi connectivity index (χ3n) is 1.42. The first-order valence-electron chi connectivity index (χ1n) is 3.39. The lowest BCUT2D eigenvalue weighted by atomic mass is 10.2. The van der Waals surface area contributed by atoms with Crippen molar-refractivity contribution in [3.05, 3.63) is 35.9 Å². The van der Waals surface area contributed by atoms with Crippen molar-refractivity contribution in [2.75, 3.05) is 7.05 Å². The van der Waals surface area contributed by atoms with E-state index in [0.29, 0.717) is 5.56 Å². The molecule has 0 fully saturated rings. The van der Waals surface area contributed by atoms with Crippen LogP contribution >= 0.6 is 0 Å². The van der Waals surface area contributed by atoms with Gasteiger partial charge < -0.3 is 0 Å². The zero-order chi connectivity index (χ0) is 8.97. The second kappa shape index (κ2) is 3.54. The highest BCUT2D eigenvalue weighted by Crippen LogP contribution is 2.00. The average molecular weight is 159 g/mol. The van der Waals surface area contributed by atoms with E-state index >= 15 is 0 Å². The van der Waals surface area contributed by atoms with Crippen LogP contribution in [0.1, 0.15) is 10.4 Å². The highest BCUT2D eigenvalue weighted by molar-refractivity contribution is 5.94. The highest BCUT2D eigenvalue weighted by Gasteiger charge is 2.08. The van der Waals surface area contributed by atoms with E-state index in [-0.39, 0.29) is 5.91 Å². The quantitative estimate of drug-likeness (QED) is 0.454. The minimum absolute atomic E-state index is 0.300. The summed E-state index contributed by atoms with van der Waals surface area (Å²) in [6.45, 7) is 0. The van der Waals surface area contributed by atoms with Crippen LogP contribution in [-0.4, -0.2) is 17.9 Å². The van der Waals surface area contributed by atoms with Gasteiger partial charge in [0.25, 0.3) is 5.91 Å². The van der Waals surface area contributed by atoms with Crippen molar-refractivity contribution in [3.63, 3.8) is 0 Å². The van der Waals surface area contributed by atoms with Crippen LogP contribution in [0.4, 0.5) is 0 Å². The SMILES string of the molecule is CN(C#N)C(=O)c1cc[c]cc1. The minimum Gasteiger partial charge on any atom is -0.268 e. The van der Waals surface area contributed by atoms with Gasteiger partial charge in [0.15, 0.2) is 6.19 Å². The molecule has 1 radical (unpaired) electrons. The Morgan fingerprint density at radius 2 is 2.17 bits per heavy atom. The van der Waals surface area contributed by atoms with E-state index in [1.54, 1.807) is 30.5 Å². The summed E-state index contributed by atoms with van der Waals surface area (Å²) in [6.07, 6.45) is 1.74. The van der Waals surface area contributed by atoms with Gasteiger partial charge in [-0.1, -0.05) is 12.1 Å². The van der Waals surface area contributed by atoms with Gasteiger partial charge in [0.05, 0.1) is 0 Å². The van der Waals surface area contributed by atoms with Crippen LogP contribution in [0.3, 0.4) is 0 Å². The zero-order valence-electron chi connectivity index (χ0n) is 6.61. The maximum atomic E-state index is 11.3. The lowest BCUT2D eigenvalue weighted by Gasteiger charge is -2.05. The third kappa shape index (κ3) is 1.61. The van der Waals surface area contributed by atoms with Gasteiger partial charge in [-0.2, -0.15) is 5.26 Å². The largest absolute Gasteiger partial charge is 0.268 e. The Hall–Kier alpha value is -1.82. The van der Waals surface area contributed by atoms with Gasteiger partial charge in [0.2, 0.25) is 0 Å². The molecule has 1 rings (SSSR count). The molecule has 0 heterocycles. The molecule has 0 bridgehead atoms. The zero-order valence-corrected chi connectivity index (χ0v) is 6.61. The molecule has 59 valence electrons. The summed E-state index contributed by atoms with van der Waals surface area (Å²) in [7, 11) is 1.43. The predicted octanol–water partition coefficient (Wildman–Crippen LogP) is 1.04. The van der Waals surface area contributed by atoms with Crippen molar-refractivity contribution < 1.29 is 4.79 Å². The van der Waals surface area contributed by atoms with Crippen LogP contribution in [0.15, 0.2) is 24.3 Å². The number of nitriles is 1. The first-order chi connectivity index (χ1) is 5.75. The van der Waals surface area contributed by atoms with Gasteiger partial charge in [-0.15, -0.1) is 0 Å². The minimum atomic E-state index is -0.300. The second-order valence-corrected chi connectivity index (χ2v) is 2.25. The van der Waals surface area contributed by atoms with Crippen molar-refractivity contribution in [1.82, 2.24) is 4.90 Å². The van der Waals surface area contributed by atoms with Gasteiger partial charge in [-0.25, -0.2) is 4.90 Å². The molecule has 1 aromatic rings. The third-order valence-corrected chi connectivity index (χ3v) is 1.42. The van der Waals surface area contributed by atoms with E-state index in [1.165, 1.54) is 7.05 Å². The van der Waals surface area contributed by atoms with Gasteiger partial charge >= 0.3 is 0 Å². The second-order valence-electron chi connectivity index (χ2n) is 2.25. The van der Waals surface area contributed by atoms with E-state index in [2.05, 4.69) is 6.07 Å². The fourth-order valence-corrected chi connectivity index (χ4v) is 0.769. The van der Waals surface area contributed by atoms with Gasteiger partial charge in [0.1, 0.15) is 0 Å². The molecule has 12 heavy (non-hydrogen) atoms. The molecular weight excluding hydrogens is 152 g/mol. The van der Waals surface area contributed by atoms with Crippen LogP contribution < -0.4 is 0 Å². The Morgan fingerprint density at radius 3 is 2.67 bits per heavy atom. The Morgan fingerprint density at radius 1 is 1.58 bits per heavy atom. The Kier molecular flexibility index (Phi) is 2.44. The van der Waals surface area contributed by atoms with Crippen LogP contribution in [0.5, 0.6) is 0 Å². The van der Waals surface area contributed by atoms with E-state index < -0.39 is 0 Å². The molecule has 1 aromatic carbocycles. The maximum absolute atomic E-state index is 11.3. The summed E-state index contributed by atoms with van der Waals surface area (Å²) in [4.78, 5) is 12.2. The number of nitrogens with zero attached hydrogens (tertiary/aromatic N) is 2. The first kappa shape index (κ1) is 8.28. The molecule has 1 amide bonds. The van der Waals surface area contributed by atoms with Crippen molar-refractivity contribution in [2.45, 2.75) is 0 Å². The van der Waals surface area contributed by atoms with Crippen molar-refractivity contribution in [1.29, 1.82) is 5.26 Å². The molecule has 0 aliphatic heterocycles. The smallest absolute Gasteiger partial charge is 0.266 e. The molecule has 0 spiro atoms. The lowest BCUT2D eigenvalue weighted by molar-refractivity contribution is 0.0858. The molecule has 0 N–H and O–H groups in total. The summed E-state index contributed by atoms with van der Waals surface area (Å²) in [5.74, 6) is -0.300. The van der Waals surface area contributed by atoms with Crippen LogP contribution in [0.25, 0.3) is 0 Å². The molecule has 0 atom stereocenters. The molecule has 0 saturated heterocycles. The number of rotatable bonds is 1. The first-order valence-corrected chi connectivity index (χ1v) is 3.39. The van der Waals surface area contributed by atoms with Crippen molar-refractivity contribution in [3.8, 4) is 6.19 Å². The normalized spacial score (nSPS) is 8.67. The topological polar surface area (TPSA) is 44.1 Å². The van der Waals surface area contributed by atoms with Crippen LogP contribution in [-0.2, 0) is 0 Å². The summed E-state index contributed by atoms with van der Waals surface area (Å²) >= 11 is 0. The monoisotopic (exact) mass is 159 g/mol. The average Bonchev–Trinajstić information content (AvgIpc) is 2.17. The van der Waals surface area contributed by atoms with E-state index in [9.17, 15) is 4.79 Å². The van der Waals surface area contributed by atoms with Crippen LogP contribution in [0, 0.1) is 17.5 Å². The summed E-state index contributed by atoms with van der Waals surface area (Å²) in [5.41, 5.74) is 0.498.